The lowest BCUT2D eigenvalue weighted by Gasteiger charge is -2.18. The van der Waals surface area contributed by atoms with Crippen LogP contribution in [0, 0.1) is 5.92 Å². The Morgan fingerprint density at radius 3 is 2.29 bits per heavy atom. The molecule has 0 aliphatic heterocycles. The van der Waals surface area contributed by atoms with Crippen LogP contribution in [0.4, 0.5) is 0 Å². The predicted octanol–water partition coefficient (Wildman–Crippen LogP) is 0.683. The third kappa shape index (κ3) is 7.26. The highest BCUT2D eigenvalue weighted by Crippen LogP contribution is 2.08. The number of hydrogen-bond acceptors (Lipinski definition) is 4. The van der Waals surface area contributed by atoms with E-state index in [9.17, 15) is 5.11 Å². The van der Waals surface area contributed by atoms with Crippen molar-refractivity contribution in [3.63, 3.8) is 0 Å². The van der Waals surface area contributed by atoms with Gasteiger partial charge in [0.2, 0.25) is 0 Å². The molecule has 0 spiro atoms. The maximum Gasteiger partial charge on any atom is 0.0799 e. The minimum atomic E-state index is -0.415. The van der Waals surface area contributed by atoms with Gasteiger partial charge < -0.3 is 19.3 Å². The summed E-state index contributed by atoms with van der Waals surface area (Å²) >= 11 is 0. The molecule has 0 rings (SSSR count). The van der Waals surface area contributed by atoms with Crippen molar-refractivity contribution in [3.05, 3.63) is 0 Å². The Hall–Kier alpha value is -0.160. The van der Waals surface area contributed by atoms with E-state index in [0.29, 0.717) is 26.4 Å². The predicted molar refractivity (Wildman–Crippen MR) is 54.4 cm³/mol. The van der Waals surface area contributed by atoms with Gasteiger partial charge in [-0.05, 0) is 12.3 Å². The summed E-state index contributed by atoms with van der Waals surface area (Å²) in [4.78, 5) is 0. The van der Waals surface area contributed by atoms with Crippen LogP contribution in [0.15, 0.2) is 0 Å². The first-order chi connectivity index (χ1) is 6.72. The third-order valence-corrected chi connectivity index (χ3v) is 2.15. The summed E-state index contributed by atoms with van der Waals surface area (Å²) in [6.45, 7) is 4.14. The lowest BCUT2D eigenvalue weighted by Crippen LogP contribution is -2.25. The smallest absolute Gasteiger partial charge is 0.0799 e. The quantitative estimate of drug-likeness (QED) is 0.564. The molecule has 0 aromatic carbocycles. The Labute approximate surface area is 86.2 Å². The fraction of sp³-hybridized carbons (Fsp3) is 1.00. The Balaban J connectivity index is 3.36. The number of aliphatic hydroxyl groups is 1. The summed E-state index contributed by atoms with van der Waals surface area (Å²) in [6, 6.07) is 0. The van der Waals surface area contributed by atoms with Crippen molar-refractivity contribution < 1.29 is 19.3 Å². The average molecular weight is 206 g/mol. The summed E-state index contributed by atoms with van der Waals surface area (Å²) in [5.74, 6) is 0.206. The second-order valence-corrected chi connectivity index (χ2v) is 3.39. The number of methoxy groups -OCH3 is 2. The van der Waals surface area contributed by atoms with E-state index >= 15 is 0 Å². The molecule has 0 aliphatic carbocycles. The first-order valence-electron chi connectivity index (χ1n) is 4.96. The van der Waals surface area contributed by atoms with Crippen molar-refractivity contribution in [1.82, 2.24) is 0 Å². The minimum Gasteiger partial charge on any atom is -0.390 e. The first-order valence-corrected chi connectivity index (χ1v) is 4.96. The standard InChI is InChI=1S/C10H22O4/c1-9(4-5-12-2)10(11)8-14-7-6-13-3/h9-11H,4-8H2,1-3H3. The van der Waals surface area contributed by atoms with Crippen LogP contribution in [0.1, 0.15) is 13.3 Å². The molecule has 0 aliphatic rings. The molecule has 0 radical (unpaired) electrons. The van der Waals surface area contributed by atoms with Gasteiger partial charge in [0.05, 0.1) is 25.9 Å². The zero-order valence-electron chi connectivity index (χ0n) is 9.36. The molecule has 4 heteroatoms. The molecule has 0 saturated heterocycles. The fourth-order valence-electron chi connectivity index (χ4n) is 1.01. The van der Waals surface area contributed by atoms with Gasteiger partial charge in [0, 0.05) is 20.8 Å². The van der Waals surface area contributed by atoms with E-state index in [-0.39, 0.29) is 5.92 Å². The van der Waals surface area contributed by atoms with Crippen LogP contribution in [0.2, 0.25) is 0 Å². The highest BCUT2D eigenvalue weighted by molar-refractivity contribution is 4.63. The molecule has 0 amide bonds. The average Bonchev–Trinajstić information content (AvgIpc) is 2.20. The van der Waals surface area contributed by atoms with Crippen LogP contribution in [0.5, 0.6) is 0 Å². The monoisotopic (exact) mass is 206 g/mol. The zero-order chi connectivity index (χ0) is 10.8. The van der Waals surface area contributed by atoms with Crippen molar-refractivity contribution >= 4 is 0 Å². The van der Waals surface area contributed by atoms with Crippen molar-refractivity contribution in [2.75, 3.05) is 40.6 Å². The number of rotatable bonds is 9. The van der Waals surface area contributed by atoms with E-state index in [1.807, 2.05) is 6.92 Å². The molecule has 14 heavy (non-hydrogen) atoms. The molecule has 2 unspecified atom stereocenters. The van der Waals surface area contributed by atoms with Crippen LogP contribution >= 0.6 is 0 Å². The van der Waals surface area contributed by atoms with E-state index in [1.165, 1.54) is 0 Å². The summed E-state index contributed by atoms with van der Waals surface area (Å²) in [5.41, 5.74) is 0. The van der Waals surface area contributed by atoms with E-state index in [4.69, 9.17) is 14.2 Å². The molecule has 0 heterocycles. The summed E-state index contributed by atoms with van der Waals surface area (Å²) in [7, 11) is 3.29. The minimum absolute atomic E-state index is 0.206. The molecule has 0 fully saturated rings. The Kier molecular flexibility index (Phi) is 9.29. The molecule has 1 N–H and O–H groups in total. The van der Waals surface area contributed by atoms with Gasteiger partial charge in [0.15, 0.2) is 0 Å². The van der Waals surface area contributed by atoms with Crippen molar-refractivity contribution in [2.24, 2.45) is 5.92 Å². The van der Waals surface area contributed by atoms with Crippen LogP contribution < -0.4 is 0 Å². The van der Waals surface area contributed by atoms with E-state index in [0.717, 1.165) is 6.42 Å². The van der Waals surface area contributed by atoms with Crippen molar-refractivity contribution in [3.8, 4) is 0 Å². The maximum atomic E-state index is 9.62. The second-order valence-electron chi connectivity index (χ2n) is 3.39. The molecule has 2 atom stereocenters. The number of hydrogen-bond donors (Lipinski definition) is 1. The van der Waals surface area contributed by atoms with Gasteiger partial charge in [-0.3, -0.25) is 0 Å². The molecule has 0 aromatic rings. The van der Waals surface area contributed by atoms with Gasteiger partial charge >= 0.3 is 0 Å². The lowest BCUT2D eigenvalue weighted by atomic mass is 10.0. The fourth-order valence-corrected chi connectivity index (χ4v) is 1.01. The summed E-state index contributed by atoms with van der Waals surface area (Å²) in [5, 5.41) is 9.62. The van der Waals surface area contributed by atoms with Gasteiger partial charge in [0.25, 0.3) is 0 Å². The SMILES string of the molecule is COCCOCC(O)C(C)CCOC. The maximum absolute atomic E-state index is 9.62. The van der Waals surface area contributed by atoms with Gasteiger partial charge in [0.1, 0.15) is 0 Å². The van der Waals surface area contributed by atoms with Crippen molar-refractivity contribution in [1.29, 1.82) is 0 Å². The molecule has 4 nitrogen and oxygen atoms in total. The Bertz CT molecular complexity index is 119. The molecule has 0 saturated carbocycles. The topological polar surface area (TPSA) is 47.9 Å². The Morgan fingerprint density at radius 2 is 1.71 bits per heavy atom. The van der Waals surface area contributed by atoms with E-state index in [1.54, 1.807) is 14.2 Å². The summed E-state index contributed by atoms with van der Waals surface area (Å²) < 4.78 is 15.0. The zero-order valence-corrected chi connectivity index (χ0v) is 9.36. The number of ether oxygens (including phenoxy) is 3. The van der Waals surface area contributed by atoms with E-state index < -0.39 is 6.10 Å². The highest BCUT2D eigenvalue weighted by Gasteiger charge is 2.13. The summed E-state index contributed by atoms with van der Waals surface area (Å²) in [6.07, 6.45) is 0.438. The molecule has 0 aromatic heterocycles. The second kappa shape index (κ2) is 9.40. The van der Waals surface area contributed by atoms with Gasteiger partial charge in [-0.1, -0.05) is 6.92 Å². The number of aliphatic hydroxyl groups excluding tert-OH is 1. The van der Waals surface area contributed by atoms with Gasteiger partial charge in [-0.2, -0.15) is 0 Å². The highest BCUT2D eigenvalue weighted by atomic mass is 16.5. The largest absolute Gasteiger partial charge is 0.390 e. The first kappa shape index (κ1) is 13.8. The lowest BCUT2D eigenvalue weighted by molar-refractivity contribution is -0.0128. The van der Waals surface area contributed by atoms with Crippen LogP contribution in [-0.4, -0.2) is 51.9 Å². The molecule has 0 bridgehead atoms. The van der Waals surface area contributed by atoms with Crippen molar-refractivity contribution in [2.45, 2.75) is 19.4 Å². The molecule has 86 valence electrons. The van der Waals surface area contributed by atoms with Crippen LogP contribution in [0.25, 0.3) is 0 Å². The Morgan fingerprint density at radius 1 is 1.07 bits per heavy atom. The van der Waals surface area contributed by atoms with E-state index in [2.05, 4.69) is 0 Å². The normalized spacial score (nSPS) is 15.4. The van der Waals surface area contributed by atoms with Gasteiger partial charge in [-0.15, -0.1) is 0 Å². The molecular formula is C10H22O4. The van der Waals surface area contributed by atoms with Crippen LogP contribution in [0.3, 0.4) is 0 Å². The molecular weight excluding hydrogens is 184 g/mol. The third-order valence-electron chi connectivity index (χ3n) is 2.15. The van der Waals surface area contributed by atoms with Crippen LogP contribution in [-0.2, 0) is 14.2 Å². The van der Waals surface area contributed by atoms with Gasteiger partial charge in [-0.25, -0.2) is 0 Å².